The van der Waals surface area contributed by atoms with Gasteiger partial charge in [0.05, 0.1) is 28.4 Å². The second-order valence-corrected chi connectivity index (χ2v) is 6.71. The smallest absolute Gasteiger partial charge is 0.390 e. The van der Waals surface area contributed by atoms with Crippen molar-refractivity contribution in [3.8, 4) is 5.75 Å². The van der Waals surface area contributed by atoms with Crippen LogP contribution in [0.4, 0.5) is 5.82 Å². The Bertz CT molecular complexity index is 1030. The molecule has 0 aliphatic heterocycles. The topological polar surface area (TPSA) is 99.3 Å². The van der Waals surface area contributed by atoms with Gasteiger partial charge in [0.1, 0.15) is 12.4 Å². The number of amides is 1. The lowest BCUT2D eigenvalue weighted by Gasteiger charge is -2.09. The summed E-state index contributed by atoms with van der Waals surface area (Å²) in [5.41, 5.74) is 1.98. The van der Waals surface area contributed by atoms with Gasteiger partial charge in [0.15, 0.2) is 0 Å². The number of aryl methyl sites for hydroxylation is 1. The molecule has 0 bridgehead atoms. The molecule has 0 fully saturated rings. The Labute approximate surface area is 172 Å². The number of nitrogens with one attached hydrogen (secondary N) is 1. The second kappa shape index (κ2) is 9.20. The van der Waals surface area contributed by atoms with Gasteiger partial charge >= 0.3 is 5.82 Å². The maximum Gasteiger partial charge on any atom is 0.390 e. The number of rotatable bonds is 8. The maximum absolute atomic E-state index is 12.4. The third-order valence-electron chi connectivity index (χ3n) is 4.18. The van der Waals surface area contributed by atoms with Gasteiger partial charge < -0.3 is 20.2 Å². The zero-order chi connectivity index (χ0) is 20.8. The van der Waals surface area contributed by atoms with E-state index in [2.05, 4.69) is 10.4 Å². The lowest BCUT2D eigenvalue weighted by molar-refractivity contribution is -0.389. The monoisotopic (exact) mass is 414 g/mol. The molecule has 29 heavy (non-hydrogen) atoms. The van der Waals surface area contributed by atoms with Crippen molar-refractivity contribution in [2.24, 2.45) is 0 Å². The summed E-state index contributed by atoms with van der Waals surface area (Å²) in [7, 11) is 0. The van der Waals surface area contributed by atoms with Gasteiger partial charge in [-0.2, -0.15) is 4.68 Å². The van der Waals surface area contributed by atoms with Crippen LogP contribution in [0.25, 0.3) is 0 Å². The van der Waals surface area contributed by atoms with Crippen molar-refractivity contribution < 1.29 is 14.5 Å². The van der Waals surface area contributed by atoms with Crippen LogP contribution in [0.1, 0.15) is 21.6 Å². The quantitative estimate of drug-likeness (QED) is 0.447. The van der Waals surface area contributed by atoms with Crippen LogP contribution >= 0.6 is 11.6 Å². The first-order valence-corrected chi connectivity index (χ1v) is 9.25. The van der Waals surface area contributed by atoms with Gasteiger partial charge in [-0.15, -0.1) is 0 Å². The molecule has 150 valence electrons. The molecule has 1 aromatic heterocycles. The van der Waals surface area contributed by atoms with Gasteiger partial charge in [0.2, 0.25) is 0 Å². The highest BCUT2D eigenvalue weighted by Crippen LogP contribution is 2.24. The number of carbonyl (C=O) groups excluding carboxylic acids is 1. The molecule has 0 spiro atoms. The van der Waals surface area contributed by atoms with E-state index >= 15 is 0 Å². The molecule has 0 aliphatic carbocycles. The van der Waals surface area contributed by atoms with E-state index in [1.807, 2.05) is 18.2 Å². The molecular weight excluding hydrogens is 396 g/mol. The second-order valence-electron chi connectivity index (χ2n) is 6.30. The molecule has 0 saturated heterocycles. The Kier molecular flexibility index (Phi) is 6.46. The minimum atomic E-state index is -0.543. The summed E-state index contributed by atoms with van der Waals surface area (Å²) < 4.78 is 7.19. The number of hydrogen-bond acceptors (Lipinski definition) is 5. The van der Waals surface area contributed by atoms with Crippen molar-refractivity contribution in [1.82, 2.24) is 15.1 Å². The molecule has 3 rings (SSSR count). The number of ether oxygens (including phenoxy) is 1. The third kappa shape index (κ3) is 5.32. The van der Waals surface area contributed by atoms with Gasteiger partial charge in [-0.1, -0.05) is 35.9 Å². The van der Waals surface area contributed by atoms with Crippen LogP contribution in [0.2, 0.25) is 5.02 Å². The molecule has 0 unspecified atom stereocenters. The Balaban J connectivity index is 1.55. The fourth-order valence-corrected chi connectivity index (χ4v) is 2.90. The van der Waals surface area contributed by atoms with Gasteiger partial charge in [-0.25, -0.2) is 0 Å². The fourth-order valence-electron chi connectivity index (χ4n) is 2.71. The van der Waals surface area contributed by atoms with Crippen molar-refractivity contribution >= 4 is 23.3 Å². The zero-order valence-corrected chi connectivity index (χ0v) is 16.4. The van der Waals surface area contributed by atoms with E-state index < -0.39 is 4.92 Å². The molecule has 0 saturated carbocycles. The minimum absolute atomic E-state index is 0.208. The molecule has 9 heteroatoms. The standard InChI is InChI=1S/C20H19ClN4O4/c1-14-11-19(25(27)28)23-24(14)10-9-22-20(26)16-6-4-5-15(12-16)13-29-18-8-3-2-7-17(18)21/h2-8,11-12H,9-10,13H2,1H3,(H,22,26). The molecule has 2 aromatic carbocycles. The minimum Gasteiger partial charge on any atom is -0.487 e. The fraction of sp³-hybridized carbons (Fsp3) is 0.200. The van der Waals surface area contributed by atoms with E-state index in [4.69, 9.17) is 16.3 Å². The number of carbonyl (C=O) groups is 1. The van der Waals surface area contributed by atoms with Crippen LogP contribution in [0.3, 0.4) is 0 Å². The van der Waals surface area contributed by atoms with Crippen molar-refractivity contribution in [2.75, 3.05) is 6.54 Å². The molecule has 0 atom stereocenters. The average molecular weight is 415 g/mol. The summed E-state index contributed by atoms with van der Waals surface area (Å²) in [6, 6.07) is 15.7. The Morgan fingerprint density at radius 2 is 2.03 bits per heavy atom. The normalized spacial score (nSPS) is 10.6. The lowest BCUT2D eigenvalue weighted by atomic mass is 10.1. The van der Waals surface area contributed by atoms with Crippen molar-refractivity contribution in [1.29, 1.82) is 0 Å². The third-order valence-corrected chi connectivity index (χ3v) is 4.50. The predicted octanol–water partition coefficient (Wildman–Crippen LogP) is 3.76. The summed E-state index contributed by atoms with van der Waals surface area (Å²) in [5.74, 6) is 0.122. The van der Waals surface area contributed by atoms with Crippen LogP contribution < -0.4 is 10.1 Å². The van der Waals surface area contributed by atoms with Crippen LogP contribution in [0.5, 0.6) is 5.75 Å². The Morgan fingerprint density at radius 3 is 2.76 bits per heavy atom. The summed E-state index contributed by atoms with van der Waals surface area (Å²) in [5, 5.41) is 18.0. The lowest BCUT2D eigenvalue weighted by Crippen LogP contribution is -2.27. The van der Waals surface area contributed by atoms with E-state index in [0.29, 0.717) is 35.1 Å². The molecule has 0 radical (unpaired) electrons. The highest BCUT2D eigenvalue weighted by atomic mass is 35.5. The van der Waals surface area contributed by atoms with Crippen LogP contribution in [0.15, 0.2) is 54.6 Å². The molecule has 8 nitrogen and oxygen atoms in total. The Morgan fingerprint density at radius 1 is 1.24 bits per heavy atom. The molecule has 3 aromatic rings. The highest BCUT2D eigenvalue weighted by Gasteiger charge is 2.15. The van der Waals surface area contributed by atoms with E-state index in [0.717, 1.165) is 5.56 Å². The van der Waals surface area contributed by atoms with E-state index in [1.54, 1.807) is 37.3 Å². The maximum atomic E-state index is 12.4. The van der Waals surface area contributed by atoms with E-state index in [1.165, 1.54) is 10.7 Å². The number of para-hydroxylation sites is 1. The van der Waals surface area contributed by atoms with E-state index in [-0.39, 0.29) is 18.3 Å². The van der Waals surface area contributed by atoms with Gasteiger partial charge in [-0.05, 0) is 41.7 Å². The molecule has 1 heterocycles. The van der Waals surface area contributed by atoms with E-state index in [9.17, 15) is 14.9 Å². The summed E-state index contributed by atoms with van der Waals surface area (Å²) in [4.78, 5) is 22.6. The van der Waals surface area contributed by atoms with Crippen LogP contribution in [-0.4, -0.2) is 27.2 Å². The summed E-state index contributed by atoms with van der Waals surface area (Å²) in [6.07, 6.45) is 0. The van der Waals surface area contributed by atoms with Crippen molar-refractivity contribution in [3.63, 3.8) is 0 Å². The number of nitrogens with zero attached hydrogens (tertiary/aromatic N) is 3. The van der Waals surface area contributed by atoms with Crippen molar-refractivity contribution in [2.45, 2.75) is 20.1 Å². The molecule has 1 N–H and O–H groups in total. The number of halogens is 1. The van der Waals surface area contributed by atoms with Gasteiger partial charge in [0.25, 0.3) is 5.91 Å². The SMILES string of the molecule is Cc1cc([N+](=O)[O-])nn1CCNC(=O)c1cccc(COc2ccccc2Cl)c1. The largest absolute Gasteiger partial charge is 0.487 e. The predicted molar refractivity (Wildman–Crippen MR) is 108 cm³/mol. The Hall–Kier alpha value is -3.39. The first-order chi connectivity index (χ1) is 13.9. The van der Waals surface area contributed by atoms with Crippen LogP contribution in [-0.2, 0) is 13.2 Å². The number of nitro groups is 1. The summed E-state index contributed by atoms with van der Waals surface area (Å²) >= 11 is 6.08. The molecular formula is C20H19ClN4O4. The van der Waals surface area contributed by atoms with Crippen LogP contribution in [0, 0.1) is 17.0 Å². The highest BCUT2D eigenvalue weighted by molar-refractivity contribution is 6.32. The van der Waals surface area contributed by atoms with Crippen molar-refractivity contribution in [3.05, 3.63) is 86.6 Å². The van der Waals surface area contributed by atoms with Gasteiger partial charge in [-0.3, -0.25) is 4.79 Å². The number of aromatic nitrogens is 2. The summed E-state index contributed by atoms with van der Waals surface area (Å²) in [6.45, 7) is 2.63. The number of benzene rings is 2. The molecule has 1 amide bonds. The zero-order valence-electron chi connectivity index (χ0n) is 15.7. The first kappa shape index (κ1) is 20.3. The number of hydrogen-bond donors (Lipinski definition) is 1. The average Bonchev–Trinajstić information content (AvgIpc) is 3.08. The first-order valence-electron chi connectivity index (χ1n) is 8.87. The molecule has 0 aliphatic rings. The van der Waals surface area contributed by atoms with Gasteiger partial charge in [0, 0.05) is 12.1 Å².